The molecule has 1 fully saturated rings. The average molecular weight is 585 g/mol. The van der Waals surface area contributed by atoms with Crippen LogP contribution in [0.1, 0.15) is 33.6 Å². The highest BCUT2D eigenvalue weighted by atomic mass is 19.1. The second-order valence-corrected chi connectivity index (χ2v) is 12.5. The number of ether oxygens (including phenoxy) is 3. The van der Waals surface area contributed by atoms with Gasteiger partial charge in [-0.2, -0.15) is 4.68 Å². The van der Waals surface area contributed by atoms with Crippen molar-refractivity contribution in [2.75, 3.05) is 18.4 Å². The summed E-state index contributed by atoms with van der Waals surface area (Å²) >= 11 is 0. The molecular formula is C28H35B3FN7O4. The van der Waals surface area contributed by atoms with Crippen LogP contribution in [0.3, 0.4) is 0 Å². The molecular weight excluding hydrogens is 550 g/mol. The lowest BCUT2D eigenvalue weighted by molar-refractivity contribution is 0.154. The Kier molecular flexibility index (Phi) is 8.54. The maximum absolute atomic E-state index is 15.3. The molecule has 43 heavy (non-hydrogen) atoms. The maximum atomic E-state index is 15.3. The summed E-state index contributed by atoms with van der Waals surface area (Å²) in [4.78, 5) is 21.2. The van der Waals surface area contributed by atoms with Gasteiger partial charge in [-0.15, -0.1) is 5.10 Å². The van der Waals surface area contributed by atoms with Gasteiger partial charge in [0.1, 0.15) is 53.4 Å². The molecule has 2 aromatic heterocycles. The van der Waals surface area contributed by atoms with E-state index in [4.69, 9.17) is 14.2 Å². The third-order valence-corrected chi connectivity index (χ3v) is 6.37. The molecule has 2 aromatic carbocycles. The van der Waals surface area contributed by atoms with Gasteiger partial charge in [-0.3, -0.25) is 0 Å². The summed E-state index contributed by atoms with van der Waals surface area (Å²) in [5.74, 6) is 1.41. The predicted molar refractivity (Wildman–Crippen MR) is 171 cm³/mol. The third kappa shape index (κ3) is 7.98. The summed E-state index contributed by atoms with van der Waals surface area (Å²) < 4.78 is 34.7. The van der Waals surface area contributed by atoms with Crippen LogP contribution in [-0.4, -0.2) is 79.3 Å². The number of amides is 1. The molecule has 1 aliphatic heterocycles. The number of carbonyl (C=O) groups excluding carboxylic acids is 1. The highest BCUT2D eigenvalue weighted by molar-refractivity contribution is 6.58. The Morgan fingerprint density at radius 1 is 1.07 bits per heavy atom. The third-order valence-electron chi connectivity index (χ3n) is 6.37. The van der Waals surface area contributed by atoms with Crippen LogP contribution in [0.2, 0.25) is 0 Å². The van der Waals surface area contributed by atoms with Gasteiger partial charge in [0.2, 0.25) is 5.88 Å². The Labute approximate surface area is 252 Å². The number of fused-ring (bicyclic) bond motifs is 1. The number of hydrogen-bond donors (Lipinski definition) is 3. The number of carbonyl (C=O) groups is 1. The summed E-state index contributed by atoms with van der Waals surface area (Å²) in [6, 6.07) is 9.20. The second-order valence-electron chi connectivity index (χ2n) is 12.5. The fourth-order valence-electron chi connectivity index (χ4n) is 4.52. The molecule has 11 nitrogen and oxygen atoms in total. The number of rotatable bonds is 8. The largest absolute Gasteiger partial charge is 0.510 e. The van der Waals surface area contributed by atoms with E-state index in [0.717, 1.165) is 30.6 Å². The summed E-state index contributed by atoms with van der Waals surface area (Å²) in [7, 11) is 5.93. The first-order valence-corrected chi connectivity index (χ1v) is 14.3. The Bertz CT molecular complexity index is 1620. The molecule has 0 unspecified atom stereocenters. The van der Waals surface area contributed by atoms with Gasteiger partial charge < -0.3 is 30.2 Å². The number of hydrogen-bond acceptors (Lipinski definition) is 9. The number of nitrogens with zero attached hydrogens (tertiary/aromatic N) is 4. The molecule has 3 N–H and O–H groups in total. The molecule has 0 radical (unpaired) electrons. The molecule has 0 atom stereocenters. The van der Waals surface area contributed by atoms with E-state index in [2.05, 4.69) is 31.0 Å². The highest BCUT2D eigenvalue weighted by Gasteiger charge is 2.22. The van der Waals surface area contributed by atoms with Crippen molar-refractivity contribution in [3.05, 3.63) is 54.7 Å². The van der Waals surface area contributed by atoms with Gasteiger partial charge in [0.15, 0.2) is 11.5 Å². The zero-order valence-electron chi connectivity index (χ0n) is 25.3. The van der Waals surface area contributed by atoms with E-state index in [1.54, 1.807) is 12.1 Å². The van der Waals surface area contributed by atoms with Gasteiger partial charge in [0.05, 0.1) is 11.2 Å². The first kappa shape index (κ1) is 30.2. The normalized spacial score (nSPS) is 14.3. The molecule has 0 spiro atoms. The first-order valence-electron chi connectivity index (χ1n) is 14.3. The number of piperidine rings is 1. The van der Waals surface area contributed by atoms with Gasteiger partial charge in [0.25, 0.3) is 0 Å². The van der Waals surface area contributed by atoms with Crippen molar-refractivity contribution >= 4 is 52.0 Å². The SMILES string of the molecule is BC(B)(B)Oc1cc2ncnc(Nc3ccc(Oc4ccn(C(=O)NC(C)(C)C)n4)cc3F)c2cc1OC1CCNCC1. The molecule has 0 bridgehead atoms. The van der Waals surface area contributed by atoms with Crippen molar-refractivity contribution in [1.29, 1.82) is 0 Å². The van der Waals surface area contributed by atoms with Gasteiger partial charge in [-0.05, 0) is 64.9 Å². The van der Waals surface area contributed by atoms with Crippen molar-refractivity contribution in [1.82, 2.24) is 30.4 Å². The van der Waals surface area contributed by atoms with Crippen LogP contribution in [0.15, 0.2) is 48.9 Å². The Morgan fingerprint density at radius 3 is 2.53 bits per heavy atom. The van der Waals surface area contributed by atoms with Crippen LogP contribution >= 0.6 is 0 Å². The summed E-state index contributed by atoms with van der Waals surface area (Å²) in [6.45, 7) is 7.38. The number of nitrogens with one attached hydrogen (secondary N) is 3. The van der Waals surface area contributed by atoms with Gasteiger partial charge in [-0.25, -0.2) is 19.2 Å². The van der Waals surface area contributed by atoms with Crippen molar-refractivity contribution in [3.8, 4) is 23.1 Å². The van der Waals surface area contributed by atoms with E-state index >= 15 is 4.39 Å². The highest BCUT2D eigenvalue weighted by Crippen LogP contribution is 2.37. The minimum atomic E-state index is -0.562. The van der Waals surface area contributed by atoms with Crippen LogP contribution in [-0.2, 0) is 0 Å². The van der Waals surface area contributed by atoms with Crippen molar-refractivity contribution in [3.63, 3.8) is 0 Å². The van der Waals surface area contributed by atoms with Crippen LogP contribution < -0.4 is 30.2 Å². The van der Waals surface area contributed by atoms with Crippen LogP contribution in [0.25, 0.3) is 10.9 Å². The van der Waals surface area contributed by atoms with E-state index in [1.807, 2.05) is 56.4 Å². The Balaban J connectivity index is 1.37. The van der Waals surface area contributed by atoms with E-state index in [9.17, 15) is 4.79 Å². The molecule has 0 aliphatic carbocycles. The molecule has 1 amide bonds. The minimum absolute atomic E-state index is 0.0475. The van der Waals surface area contributed by atoms with Crippen LogP contribution in [0, 0.1) is 5.82 Å². The summed E-state index contributed by atoms with van der Waals surface area (Å²) in [6.07, 6.45) is 4.71. The Hall–Kier alpha value is -4.26. The topological polar surface area (TPSA) is 124 Å². The van der Waals surface area contributed by atoms with Crippen molar-refractivity contribution in [2.24, 2.45) is 0 Å². The van der Waals surface area contributed by atoms with Gasteiger partial charge in [0, 0.05) is 40.6 Å². The number of aromatic nitrogens is 4. The standard InChI is InChI=1S/C28H35B3FN7O4/c1-27(2,3)37-26(40)39-11-8-24(38-39)42-17-4-5-20(19(32)12-17)36-25-18-13-22(41-16-6-9-33-10-7-16)23(43-28(29,30)31)14-21(18)34-15-35-25/h4-5,8,11-16,33H,6-7,9-10,29-31H2,1-3H3,(H,37,40)(H,34,35,36). The van der Waals surface area contributed by atoms with Gasteiger partial charge >= 0.3 is 6.03 Å². The van der Waals surface area contributed by atoms with E-state index in [1.165, 1.54) is 24.7 Å². The van der Waals surface area contributed by atoms with Gasteiger partial charge in [-0.1, -0.05) is 0 Å². The second kappa shape index (κ2) is 12.2. The molecule has 15 heteroatoms. The van der Waals surface area contributed by atoms with Crippen molar-refractivity contribution < 1.29 is 23.4 Å². The molecule has 222 valence electrons. The molecule has 4 aromatic rings. The lowest BCUT2D eigenvalue weighted by Crippen LogP contribution is -2.43. The predicted octanol–water partition coefficient (Wildman–Crippen LogP) is 1.88. The van der Waals surface area contributed by atoms with Crippen LogP contribution in [0.4, 0.5) is 20.7 Å². The smallest absolute Gasteiger partial charge is 0.342 e. The molecule has 3 heterocycles. The lowest BCUT2D eigenvalue weighted by Gasteiger charge is -2.28. The molecule has 1 saturated heterocycles. The lowest BCUT2D eigenvalue weighted by atomic mass is 9.52. The van der Waals surface area contributed by atoms with E-state index in [-0.39, 0.29) is 23.4 Å². The Morgan fingerprint density at radius 2 is 1.84 bits per heavy atom. The van der Waals surface area contributed by atoms with E-state index < -0.39 is 22.7 Å². The fraction of sp³-hybridized carbons (Fsp3) is 0.357. The molecule has 0 saturated carbocycles. The maximum Gasteiger partial charge on any atom is 0.342 e. The number of halogens is 1. The quantitative estimate of drug-likeness (QED) is 0.266. The summed E-state index contributed by atoms with van der Waals surface area (Å²) in [5, 5.41) is 13.6. The zero-order valence-corrected chi connectivity index (χ0v) is 25.3. The minimum Gasteiger partial charge on any atom is -0.510 e. The van der Waals surface area contributed by atoms with Crippen LogP contribution in [0.5, 0.6) is 23.1 Å². The molecule has 1 aliphatic rings. The molecule has 5 rings (SSSR count). The zero-order chi connectivity index (χ0) is 30.8. The number of benzene rings is 2. The number of anilines is 2. The fourth-order valence-corrected chi connectivity index (χ4v) is 4.52. The van der Waals surface area contributed by atoms with E-state index in [0.29, 0.717) is 28.2 Å². The first-order chi connectivity index (χ1) is 20.3. The average Bonchev–Trinajstić information content (AvgIpc) is 3.38. The van der Waals surface area contributed by atoms with Crippen molar-refractivity contribution in [2.45, 2.75) is 50.6 Å². The monoisotopic (exact) mass is 585 g/mol. The summed E-state index contributed by atoms with van der Waals surface area (Å²) in [5.41, 5.74) is 0.397.